The maximum atomic E-state index is 11.8. The van der Waals surface area contributed by atoms with Crippen molar-refractivity contribution in [3.63, 3.8) is 0 Å². The zero-order valence-electron chi connectivity index (χ0n) is 15.6. The molecule has 5 N–H and O–H groups in total. The topological polar surface area (TPSA) is 159 Å². The van der Waals surface area contributed by atoms with E-state index in [1.54, 1.807) is 24.5 Å². The molecule has 0 aliphatic rings. The van der Waals surface area contributed by atoms with Crippen LogP contribution in [0.2, 0.25) is 0 Å². The Morgan fingerprint density at radius 3 is 1.75 bits per heavy atom. The number of amides is 4. The standard InChI is InChI=1S/C17H25N5O6/c1-2-5-13(23)19-9-15(25)21-11-16(26)20-10-14(24)18-8-12(17(27)28)22-6-3-4-7-22/h3-4,6-7,12H,2,5,8-11H2,1H3,(H,18,24)(H,19,23)(H,20,26)(H,21,25)(H,27,28). The second-order valence-corrected chi connectivity index (χ2v) is 5.87. The van der Waals surface area contributed by atoms with Crippen LogP contribution in [-0.2, 0) is 24.0 Å². The van der Waals surface area contributed by atoms with Crippen LogP contribution < -0.4 is 21.3 Å². The molecule has 1 aromatic rings. The molecule has 1 aromatic heterocycles. The fourth-order valence-electron chi connectivity index (χ4n) is 2.13. The molecule has 0 spiro atoms. The highest BCUT2D eigenvalue weighted by molar-refractivity contribution is 5.90. The van der Waals surface area contributed by atoms with Gasteiger partial charge in [0.05, 0.1) is 19.6 Å². The highest BCUT2D eigenvalue weighted by Gasteiger charge is 2.19. The minimum absolute atomic E-state index is 0.146. The van der Waals surface area contributed by atoms with Crippen molar-refractivity contribution in [2.75, 3.05) is 26.2 Å². The van der Waals surface area contributed by atoms with Gasteiger partial charge in [0, 0.05) is 25.4 Å². The van der Waals surface area contributed by atoms with E-state index in [0.29, 0.717) is 12.8 Å². The zero-order valence-corrected chi connectivity index (χ0v) is 15.6. The molecule has 0 aliphatic carbocycles. The number of carbonyl (C=O) groups is 5. The fraction of sp³-hybridized carbons (Fsp3) is 0.471. The van der Waals surface area contributed by atoms with Crippen LogP contribution in [-0.4, -0.2) is 65.5 Å². The van der Waals surface area contributed by atoms with Gasteiger partial charge >= 0.3 is 5.97 Å². The number of rotatable bonds is 12. The van der Waals surface area contributed by atoms with Gasteiger partial charge in [0.2, 0.25) is 23.6 Å². The van der Waals surface area contributed by atoms with Crippen LogP contribution in [0.3, 0.4) is 0 Å². The van der Waals surface area contributed by atoms with Crippen molar-refractivity contribution < 1.29 is 29.1 Å². The van der Waals surface area contributed by atoms with Crippen LogP contribution in [0.4, 0.5) is 0 Å². The number of aromatic nitrogens is 1. The second-order valence-electron chi connectivity index (χ2n) is 5.87. The molecule has 0 aliphatic heterocycles. The number of hydrogen-bond donors (Lipinski definition) is 5. The molecule has 1 rings (SSSR count). The molecule has 1 unspecified atom stereocenters. The molecule has 0 bridgehead atoms. The van der Waals surface area contributed by atoms with Crippen molar-refractivity contribution in [2.24, 2.45) is 0 Å². The van der Waals surface area contributed by atoms with E-state index < -0.39 is 29.7 Å². The van der Waals surface area contributed by atoms with Crippen molar-refractivity contribution >= 4 is 29.6 Å². The smallest absolute Gasteiger partial charge is 0.328 e. The molecule has 0 aromatic carbocycles. The van der Waals surface area contributed by atoms with Crippen molar-refractivity contribution in [2.45, 2.75) is 25.8 Å². The number of carbonyl (C=O) groups excluding carboxylic acids is 4. The van der Waals surface area contributed by atoms with Crippen molar-refractivity contribution in [3.8, 4) is 0 Å². The van der Waals surface area contributed by atoms with E-state index in [1.807, 2.05) is 6.92 Å². The van der Waals surface area contributed by atoms with Gasteiger partial charge in [-0.05, 0) is 18.6 Å². The summed E-state index contributed by atoms with van der Waals surface area (Å²) in [6.45, 7) is 0.745. The third-order valence-electron chi connectivity index (χ3n) is 3.58. The molecule has 0 saturated carbocycles. The fourth-order valence-corrected chi connectivity index (χ4v) is 2.13. The average Bonchev–Trinajstić information content (AvgIpc) is 3.17. The van der Waals surface area contributed by atoms with Crippen molar-refractivity contribution in [1.82, 2.24) is 25.8 Å². The molecule has 11 heteroatoms. The Balaban J connectivity index is 2.23. The first-order valence-corrected chi connectivity index (χ1v) is 8.75. The van der Waals surface area contributed by atoms with Crippen LogP contribution >= 0.6 is 0 Å². The predicted octanol–water partition coefficient (Wildman–Crippen LogP) is -1.62. The second kappa shape index (κ2) is 12.1. The molecule has 0 saturated heterocycles. The molecule has 0 fully saturated rings. The minimum Gasteiger partial charge on any atom is -0.480 e. The van der Waals surface area contributed by atoms with Crippen LogP contribution in [0.1, 0.15) is 25.8 Å². The van der Waals surface area contributed by atoms with E-state index in [9.17, 15) is 29.1 Å². The molecule has 154 valence electrons. The first kappa shape index (κ1) is 22.7. The highest BCUT2D eigenvalue weighted by Crippen LogP contribution is 2.05. The lowest BCUT2D eigenvalue weighted by Crippen LogP contribution is -2.45. The lowest BCUT2D eigenvalue weighted by atomic mass is 10.3. The summed E-state index contributed by atoms with van der Waals surface area (Å²) in [4.78, 5) is 57.4. The van der Waals surface area contributed by atoms with Crippen LogP contribution in [0, 0.1) is 0 Å². The zero-order chi connectivity index (χ0) is 20.9. The van der Waals surface area contributed by atoms with Crippen LogP contribution in [0.5, 0.6) is 0 Å². The Morgan fingerprint density at radius 2 is 1.29 bits per heavy atom. The Hall–Kier alpha value is -3.37. The average molecular weight is 395 g/mol. The van der Waals surface area contributed by atoms with E-state index >= 15 is 0 Å². The Kier molecular flexibility index (Phi) is 9.79. The normalized spacial score (nSPS) is 11.2. The van der Waals surface area contributed by atoms with Gasteiger partial charge in [-0.1, -0.05) is 6.92 Å². The van der Waals surface area contributed by atoms with E-state index in [1.165, 1.54) is 4.57 Å². The first-order chi connectivity index (χ1) is 13.3. The Morgan fingerprint density at radius 1 is 0.821 bits per heavy atom. The van der Waals surface area contributed by atoms with Crippen LogP contribution in [0.15, 0.2) is 24.5 Å². The summed E-state index contributed by atoms with van der Waals surface area (Å²) in [6, 6.07) is 2.38. The van der Waals surface area contributed by atoms with Crippen LogP contribution in [0.25, 0.3) is 0 Å². The Labute approximate surface area is 161 Å². The lowest BCUT2D eigenvalue weighted by molar-refractivity contribution is -0.141. The molecule has 11 nitrogen and oxygen atoms in total. The van der Waals surface area contributed by atoms with E-state index in [-0.39, 0.29) is 32.1 Å². The molecular weight excluding hydrogens is 370 g/mol. The number of carboxylic acid groups (broad SMARTS) is 1. The molecule has 0 radical (unpaired) electrons. The summed E-state index contributed by atoms with van der Waals surface area (Å²) < 4.78 is 1.44. The summed E-state index contributed by atoms with van der Waals surface area (Å²) in [5.41, 5.74) is 0. The Bertz CT molecular complexity index is 688. The number of nitrogens with one attached hydrogen (secondary N) is 4. The van der Waals surface area contributed by atoms with Gasteiger partial charge in [-0.15, -0.1) is 0 Å². The maximum Gasteiger partial charge on any atom is 0.328 e. The first-order valence-electron chi connectivity index (χ1n) is 8.75. The number of hydrogen-bond acceptors (Lipinski definition) is 5. The van der Waals surface area contributed by atoms with Gasteiger partial charge in [0.25, 0.3) is 0 Å². The lowest BCUT2D eigenvalue weighted by Gasteiger charge is -2.15. The SMILES string of the molecule is CCCC(=O)NCC(=O)NCC(=O)NCC(=O)NCC(C(=O)O)n1cccc1. The predicted molar refractivity (Wildman–Crippen MR) is 98.1 cm³/mol. The molecular formula is C17H25N5O6. The number of aliphatic carboxylic acids is 1. The van der Waals surface area contributed by atoms with E-state index in [0.717, 1.165) is 0 Å². The summed E-state index contributed by atoms with van der Waals surface area (Å²) in [5, 5.41) is 18.6. The molecule has 4 amide bonds. The summed E-state index contributed by atoms with van der Waals surface area (Å²) in [7, 11) is 0. The number of nitrogens with zero attached hydrogens (tertiary/aromatic N) is 1. The maximum absolute atomic E-state index is 11.8. The van der Waals surface area contributed by atoms with Gasteiger partial charge in [0.1, 0.15) is 6.04 Å². The molecule has 1 atom stereocenters. The third kappa shape index (κ3) is 8.83. The minimum atomic E-state index is -1.10. The summed E-state index contributed by atoms with van der Waals surface area (Å²) >= 11 is 0. The summed E-state index contributed by atoms with van der Waals surface area (Å²) in [5.74, 6) is -3.04. The van der Waals surface area contributed by atoms with Crippen molar-refractivity contribution in [3.05, 3.63) is 24.5 Å². The van der Waals surface area contributed by atoms with E-state index in [4.69, 9.17) is 0 Å². The quantitative estimate of drug-likeness (QED) is 0.286. The molecule has 28 heavy (non-hydrogen) atoms. The third-order valence-corrected chi connectivity index (χ3v) is 3.58. The summed E-state index contributed by atoms with van der Waals surface area (Å²) in [6.07, 6.45) is 4.12. The number of carboxylic acids is 1. The monoisotopic (exact) mass is 395 g/mol. The van der Waals surface area contributed by atoms with Gasteiger partial charge in [-0.3, -0.25) is 19.2 Å². The van der Waals surface area contributed by atoms with Gasteiger partial charge in [0.15, 0.2) is 0 Å². The molecule has 1 heterocycles. The highest BCUT2D eigenvalue weighted by atomic mass is 16.4. The van der Waals surface area contributed by atoms with Gasteiger partial charge in [-0.25, -0.2) is 4.79 Å². The van der Waals surface area contributed by atoms with Gasteiger partial charge < -0.3 is 30.9 Å². The van der Waals surface area contributed by atoms with E-state index in [2.05, 4.69) is 21.3 Å². The van der Waals surface area contributed by atoms with Crippen molar-refractivity contribution in [1.29, 1.82) is 0 Å². The largest absolute Gasteiger partial charge is 0.480 e. The van der Waals surface area contributed by atoms with Gasteiger partial charge in [-0.2, -0.15) is 0 Å².